The predicted molar refractivity (Wildman–Crippen MR) is 74.3 cm³/mol. The molecule has 5 nitrogen and oxygen atoms in total. The van der Waals surface area contributed by atoms with Crippen molar-refractivity contribution < 1.29 is 23.7 Å². The zero-order valence-electron chi connectivity index (χ0n) is 13.0. The minimum absolute atomic E-state index is 0.135. The van der Waals surface area contributed by atoms with Crippen molar-refractivity contribution in [2.45, 2.75) is 58.1 Å². The van der Waals surface area contributed by atoms with Crippen LogP contribution in [0, 0.1) is 5.92 Å². The van der Waals surface area contributed by atoms with Crippen LogP contribution >= 0.6 is 0 Å². The van der Waals surface area contributed by atoms with E-state index in [0.29, 0.717) is 19.1 Å². The molecule has 116 valence electrons. The molecule has 0 amide bonds. The summed E-state index contributed by atoms with van der Waals surface area (Å²) < 4.78 is 28.4. The van der Waals surface area contributed by atoms with Crippen LogP contribution in [0.15, 0.2) is 12.2 Å². The summed E-state index contributed by atoms with van der Waals surface area (Å²) in [4.78, 5) is 0. The summed E-state index contributed by atoms with van der Waals surface area (Å²) in [6.45, 7) is 9.13. The van der Waals surface area contributed by atoms with Crippen molar-refractivity contribution in [1.82, 2.24) is 0 Å². The van der Waals surface area contributed by atoms with E-state index < -0.39 is 5.79 Å². The van der Waals surface area contributed by atoms with Crippen LogP contribution in [0.5, 0.6) is 0 Å². The van der Waals surface area contributed by atoms with Crippen molar-refractivity contribution in [3.63, 3.8) is 0 Å². The molecule has 0 aliphatic carbocycles. The molecular weight excluding hydrogens is 260 g/mol. The van der Waals surface area contributed by atoms with Gasteiger partial charge in [0.25, 0.3) is 0 Å². The Labute approximate surface area is 121 Å². The Balaban J connectivity index is 1.83. The lowest BCUT2D eigenvalue weighted by Crippen LogP contribution is -2.33. The van der Waals surface area contributed by atoms with Gasteiger partial charge in [-0.25, -0.2) is 0 Å². The van der Waals surface area contributed by atoms with E-state index in [1.54, 1.807) is 7.11 Å². The predicted octanol–water partition coefficient (Wildman–Crippen LogP) is 2.11. The van der Waals surface area contributed by atoms with Crippen LogP contribution in [-0.4, -0.2) is 50.7 Å². The number of allylic oxidation sites excluding steroid dienone is 1. The van der Waals surface area contributed by atoms with Gasteiger partial charge in [-0.1, -0.05) is 26.0 Å². The van der Waals surface area contributed by atoms with Gasteiger partial charge in [0.05, 0.1) is 13.2 Å². The lowest BCUT2D eigenvalue weighted by molar-refractivity contribution is -0.231. The lowest BCUT2D eigenvalue weighted by Gasteiger charge is -2.23. The Morgan fingerprint density at radius 3 is 2.55 bits per heavy atom. The molecule has 2 heterocycles. The lowest BCUT2D eigenvalue weighted by atomic mass is 10.1. The summed E-state index contributed by atoms with van der Waals surface area (Å²) in [6, 6.07) is 0. The molecule has 2 saturated heterocycles. The normalized spacial score (nSPS) is 36.1. The first-order valence-corrected chi connectivity index (χ1v) is 7.21. The largest absolute Gasteiger partial charge is 0.375 e. The second kappa shape index (κ2) is 6.54. The highest BCUT2D eigenvalue weighted by Gasteiger charge is 2.55. The second-order valence-electron chi connectivity index (χ2n) is 6.05. The van der Waals surface area contributed by atoms with Gasteiger partial charge in [0.15, 0.2) is 12.1 Å². The van der Waals surface area contributed by atoms with Crippen molar-refractivity contribution in [2.75, 3.05) is 20.3 Å². The van der Waals surface area contributed by atoms with Gasteiger partial charge >= 0.3 is 0 Å². The first kappa shape index (κ1) is 15.9. The molecule has 0 radical (unpaired) electrons. The van der Waals surface area contributed by atoms with Crippen LogP contribution in [0.25, 0.3) is 0 Å². The number of hydrogen-bond acceptors (Lipinski definition) is 5. The summed E-state index contributed by atoms with van der Waals surface area (Å²) in [6.07, 6.45) is 3.29. The Morgan fingerprint density at radius 1 is 1.20 bits per heavy atom. The maximum Gasteiger partial charge on any atom is 0.186 e. The SMILES string of the molecule is CO[C@@H]1O[C@H](COC/C=C/C(C)C)[C@H]2OC(C)(C)O[C@@H]12. The Bertz CT molecular complexity index is 339. The molecule has 0 saturated carbocycles. The van der Waals surface area contributed by atoms with E-state index in [1.165, 1.54) is 0 Å². The van der Waals surface area contributed by atoms with Gasteiger partial charge in [0.2, 0.25) is 0 Å². The van der Waals surface area contributed by atoms with Crippen molar-refractivity contribution in [2.24, 2.45) is 5.92 Å². The number of hydrogen-bond donors (Lipinski definition) is 0. The number of rotatable bonds is 6. The summed E-state index contributed by atoms with van der Waals surface area (Å²) in [5.74, 6) is -0.0537. The van der Waals surface area contributed by atoms with Gasteiger partial charge in [-0.15, -0.1) is 0 Å². The third-order valence-electron chi connectivity index (χ3n) is 3.36. The van der Waals surface area contributed by atoms with Gasteiger partial charge in [0, 0.05) is 7.11 Å². The molecule has 0 unspecified atom stereocenters. The monoisotopic (exact) mass is 286 g/mol. The molecule has 0 aromatic rings. The molecule has 0 spiro atoms. The maximum absolute atomic E-state index is 5.89. The van der Waals surface area contributed by atoms with E-state index in [-0.39, 0.29) is 24.6 Å². The maximum atomic E-state index is 5.89. The first-order chi connectivity index (χ1) is 9.43. The third kappa shape index (κ3) is 3.80. The van der Waals surface area contributed by atoms with Crippen LogP contribution in [-0.2, 0) is 23.7 Å². The fraction of sp³-hybridized carbons (Fsp3) is 0.867. The fourth-order valence-corrected chi connectivity index (χ4v) is 2.55. The van der Waals surface area contributed by atoms with Crippen molar-refractivity contribution in [3.8, 4) is 0 Å². The molecule has 0 aromatic heterocycles. The van der Waals surface area contributed by atoms with E-state index in [2.05, 4.69) is 19.9 Å². The highest BCUT2D eigenvalue weighted by Crippen LogP contribution is 2.38. The van der Waals surface area contributed by atoms with Crippen LogP contribution in [0.1, 0.15) is 27.7 Å². The molecule has 5 heteroatoms. The Kier molecular flexibility index (Phi) is 5.20. The van der Waals surface area contributed by atoms with E-state index in [9.17, 15) is 0 Å². The smallest absolute Gasteiger partial charge is 0.186 e. The number of fused-ring (bicyclic) bond motifs is 1. The Hall–Kier alpha value is -0.460. The zero-order valence-corrected chi connectivity index (χ0v) is 13.0. The van der Waals surface area contributed by atoms with Gasteiger partial charge in [-0.3, -0.25) is 0 Å². The van der Waals surface area contributed by atoms with Gasteiger partial charge in [-0.05, 0) is 19.8 Å². The zero-order chi connectivity index (χ0) is 14.8. The highest BCUT2D eigenvalue weighted by molar-refractivity contribution is 4.95. The van der Waals surface area contributed by atoms with Gasteiger partial charge in [-0.2, -0.15) is 0 Å². The summed E-state index contributed by atoms with van der Waals surface area (Å²) in [5.41, 5.74) is 0. The molecule has 0 bridgehead atoms. The molecule has 0 aromatic carbocycles. The molecule has 2 aliphatic heterocycles. The molecule has 4 atom stereocenters. The van der Waals surface area contributed by atoms with Crippen LogP contribution in [0.3, 0.4) is 0 Å². The number of ether oxygens (including phenoxy) is 5. The topological polar surface area (TPSA) is 46.2 Å². The van der Waals surface area contributed by atoms with E-state index in [0.717, 1.165) is 0 Å². The molecule has 20 heavy (non-hydrogen) atoms. The van der Waals surface area contributed by atoms with Gasteiger partial charge < -0.3 is 23.7 Å². The quantitative estimate of drug-likeness (QED) is 0.553. The van der Waals surface area contributed by atoms with E-state index in [4.69, 9.17) is 23.7 Å². The van der Waals surface area contributed by atoms with Gasteiger partial charge in [0.1, 0.15) is 18.3 Å². The fourth-order valence-electron chi connectivity index (χ4n) is 2.55. The molecular formula is C15H26O5. The Morgan fingerprint density at radius 2 is 1.90 bits per heavy atom. The molecule has 2 aliphatic rings. The molecule has 2 fully saturated rings. The average molecular weight is 286 g/mol. The third-order valence-corrected chi connectivity index (χ3v) is 3.36. The number of methoxy groups -OCH3 is 1. The summed E-state index contributed by atoms with van der Waals surface area (Å²) in [5, 5.41) is 0. The standard InChI is InChI=1S/C15H26O5/c1-10(2)7-6-8-17-9-11-12-13(14(16-5)18-11)20-15(3,4)19-12/h6-7,10-14H,8-9H2,1-5H3/b7-6+/t11-,12-,13-,14-/m1/s1. The van der Waals surface area contributed by atoms with Crippen molar-refractivity contribution in [3.05, 3.63) is 12.2 Å². The van der Waals surface area contributed by atoms with Crippen LogP contribution in [0.4, 0.5) is 0 Å². The van der Waals surface area contributed by atoms with E-state index >= 15 is 0 Å². The summed E-state index contributed by atoms with van der Waals surface area (Å²) in [7, 11) is 1.62. The first-order valence-electron chi connectivity index (χ1n) is 7.21. The van der Waals surface area contributed by atoms with Crippen molar-refractivity contribution >= 4 is 0 Å². The molecule has 2 rings (SSSR count). The highest BCUT2D eigenvalue weighted by atomic mass is 16.8. The van der Waals surface area contributed by atoms with Crippen LogP contribution < -0.4 is 0 Å². The second-order valence-corrected chi connectivity index (χ2v) is 6.05. The van der Waals surface area contributed by atoms with Crippen molar-refractivity contribution in [1.29, 1.82) is 0 Å². The van der Waals surface area contributed by atoms with E-state index in [1.807, 2.05) is 19.9 Å². The minimum atomic E-state index is -0.592. The summed E-state index contributed by atoms with van der Waals surface area (Å²) >= 11 is 0. The molecule has 0 N–H and O–H groups in total. The van der Waals surface area contributed by atoms with Crippen LogP contribution in [0.2, 0.25) is 0 Å². The minimum Gasteiger partial charge on any atom is -0.375 e. The average Bonchev–Trinajstić information content (AvgIpc) is 2.82.